The molecule has 0 saturated heterocycles. The molecule has 0 radical (unpaired) electrons. The van der Waals surface area contributed by atoms with Gasteiger partial charge in [-0.1, -0.05) is 24.3 Å². The van der Waals surface area contributed by atoms with E-state index in [4.69, 9.17) is 4.74 Å². The van der Waals surface area contributed by atoms with Crippen molar-refractivity contribution >= 4 is 11.6 Å². The van der Waals surface area contributed by atoms with Crippen LogP contribution in [0.1, 0.15) is 62.1 Å². The van der Waals surface area contributed by atoms with Crippen LogP contribution in [0.4, 0.5) is 5.69 Å². The number of benzene rings is 2. The summed E-state index contributed by atoms with van der Waals surface area (Å²) < 4.78 is 5.94. The minimum Gasteiger partial charge on any atom is -0.481 e. The summed E-state index contributed by atoms with van der Waals surface area (Å²) in [5.74, 6) is 3.49. The zero-order valence-corrected chi connectivity index (χ0v) is 18.4. The van der Waals surface area contributed by atoms with Gasteiger partial charge in [-0.25, -0.2) is 0 Å². The lowest BCUT2D eigenvalue weighted by molar-refractivity contribution is -0.122. The van der Waals surface area contributed by atoms with Crippen LogP contribution in [0.2, 0.25) is 0 Å². The van der Waals surface area contributed by atoms with Gasteiger partial charge in [-0.15, -0.1) is 0 Å². The lowest BCUT2D eigenvalue weighted by atomic mass is 9.48. The minimum absolute atomic E-state index is 0.113. The smallest absolute Gasteiger partial charge is 0.265 e. The third kappa shape index (κ3) is 3.64. The summed E-state index contributed by atoms with van der Waals surface area (Å²) >= 11 is 0. The Bertz CT molecular complexity index is 911. The molecule has 0 spiro atoms. The molecule has 0 aromatic heterocycles. The maximum atomic E-state index is 12.7. The van der Waals surface area contributed by atoms with Gasteiger partial charge in [-0.3, -0.25) is 4.79 Å². The van der Waals surface area contributed by atoms with Crippen LogP contribution in [0.15, 0.2) is 42.5 Å². The van der Waals surface area contributed by atoms with E-state index in [0.717, 1.165) is 40.3 Å². The predicted octanol–water partition coefficient (Wildman–Crippen LogP) is 6.18. The fourth-order valence-electron chi connectivity index (χ4n) is 6.69. The van der Waals surface area contributed by atoms with Crippen LogP contribution < -0.4 is 10.1 Å². The Morgan fingerprint density at radius 3 is 2.17 bits per heavy atom. The summed E-state index contributed by atoms with van der Waals surface area (Å²) in [5.41, 5.74) is 4.91. The fraction of sp³-hybridized carbons (Fsp3) is 0.519. The van der Waals surface area contributed by atoms with Crippen LogP contribution >= 0.6 is 0 Å². The van der Waals surface area contributed by atoms with E-state index in [2.05, 4.69) is 35.6 Å². The normalized spacial score (nSPS) is 30.2. The van der Waals surface area contributed by atoms with E-state index in [1.165, 1.54) is 44.1 Å². The first kappa shape index (κ1) is 19.7. The highest BCUT2D eigenvalue weighted by Gasteiger charge is 2.51. The van der Waals surface area contributed by atoms with E-state index in [-0.39, 0.29) is 5.91 Å². The van der Waals surface area contributed by atoms with Gasteiger partial charge in [0.1, 0.15) is 5.75 Å². The number of nitrogens with one attached hydrogen (secondary N) is 1. The van der Waals surface area contributed by atoms with Gasteiger partial charge in [0.05, 0.1) is 0 Å². The first-order valence-corrected chi connectivity index (χ1v) is 11.6. The van der Waals surface area contributed by atoms with Crippen molar-refractivity contribution in [3.05, 3.63) is 59.2 Å². The second-order valence-electron chi connectivity index (χ2n) is 10.3. The van der Waals surface area contributed by atoms with E-state index >= 15 is 0 Å². The summed E-state index contributed by atoms with van der Waals surface area (Å²) in [4.78, 5) is 12.7. The summed E-state index contributed by atoms with van der Waals surface area (Å²) in [6.07, 6.45) is 7.94. The van der Waals surface area contributed by atoms with E-state index < -0.39 is 6.10 Å². The number of ether oxygens (including phenoxy) is 1. The zero-order chi connectivity index (χ0) is 20.9. The molecule has 3 nitrogen and oxygen atoms in total. The molecule has 1 atom stereocenters. The van der Waals surface area contributed by atoms with Crippen LogP contribution in [0.3, 0.4) is 0 Å². The summed E-state index contributed by atoms with van der Waals surface area (Å²) in [5, 5.41) is 3.03. The molecule has 4 bridgehead atoms. The van der Waals surface area contributed by atoms with Crippen molar-refractivity contribution in [1.82, 2.24) is 0 Å². The lowest BCUT2D eigenvalue weighted by Gasteiger charge is -2.57. The molecular weight excluding hydrogens is 370 g/mol. The minimum atomic E-state index is -0.548. The van der Waals surface area contributed by atoms with Gasteiger partial charge in [0, 0.05) is 5.69 Å². The van der Waals surface area contributed by atoms with Crippen molar-refractivity contribution in [3.8, 4) is 5.75 Å². The van der Waals surface area contributed by atoms with Crippen LogP contribution in [0, 0.1) is 31.6 Å². The number of amides is 1. The van der Waals surface area contributed by atoms with Gasteiger partial charge < -0.3 is 10.1 Å². The van der Waals surface area contributed by atoms with Crippen molar-refractivity contribution in [2.75, 3.05) is 5.32 Å². The molecule has 158 valence electrons. The lowest BCUT2D eigenvalue weighted by Crippen LogP contribution is -2.48. The van der Waals surface area contributed by atoms with Gasteiger partial charge in [-0.2, -0.15) is 0 Å². The highest BCUT2D eigenvalue weighted by atomic mass is 16.5. The first-order chi connectivity index (χ1) is 14.4. The summed E-state index contributed by atoms with van der Waals surface area (Å²) in [7, 11) is 0. The quantitative estimate of drug-likeness (QED) is 0.647. The Kier molecular flexibility index (Phi) is 4.88. The average molecular weight is 404 g/mol. The Hall–Kier alpha value is -2.29. The molecule has 1 N–H and O–H groups in total. The van der Waals surface area contributed by atoms with Crippen molar-refractivity contribution in [3.63, 3.8) is 0 Å². The van der Waals surface area contributed by atoms with E-state index in [0.29, 0.717) is 5.41 Å². The molecule has 6 rings (SSSR count). The Morgan fingerprint density at radius 2 is 1.57 bits per heavy atom. The SMILES string of the molecule is Cc1ccc(C)c(O[C@H](C)C(=O)Nc2ccc(C34CC5CC(CC(C5)C3)C4)cc2)c1. The van der Waals surface area contributed by atoms with Gasteiger partial charge in [0.15, 0.2) is 6.10 Å². The van der Waals surface area contributed by atoms with Crippen molar-refractivity contribution < 1.29 is 9.53 Å². The van der Waals surface area contributed by atoms with Crippen LogP contribution in [-0.4, -0.2) is 12.0 Å². The van der Waals surface area contributed by atoms with Gasteiger partial charge in [-0.05, 0) is 117 Å². The van der Waals surface area contributed by atoms with Crippen molar-refractivity contribution in [2.45, 2.75) is 70.8 Å². The predicted molar refractivity (Wildman–Crippen MR) is 121 cm³/mol. The summed E-state index contributed by atoms with van der Waals surface area (Å²) in [6.45, 7) is 5.84. The maximum Gasteiger partial charge on any atom is 0.265 e. The number of hydrogen-bond donors (Lipinski definition) is 1. The highest BCUT2D eigenvalue weighted by molar-refractivity contribution is 5.94. The maximum absolute atomic E-state index is 12.7. The van der Waals surface area contributed by atoms with Crippen molar-refractivity contribution in [1.29, 1.82) is 0 Å². The average Bonchev–Trinajstić information content (AvgIpc) is 2.70. The van der Waals surface area contributed by atoms with Crippen LogP contribution in [0.5, 0.6) is 5.75 Å². The van der Waals surface area contributed by atoms with Crippen LogP contribution in [0.25, 0.3) is 0 Å². The second kappa shape index (κ2) is 7.44. The molecule has 0 heterocycles. The van der Waals surface area contributed by atoms with Gasteiger partial charge in [0.2, 0.25) is 0 Å². The number of aryl methyl sites for hydroxylation is 2. The van der Waals surface area contributed by atoms with Gasteiger partial charge in [0.25, 0.3) is 5.91 Å². The number of carbonyl (C=O) groups excluding carboxylic acids is 1. The largest absolute Gasteiger partial charge is 0.481 e. The fourth-order valence-corrected chi connectivity index (χ4v) is 6.69. The number of anilines is 1. The van der Waals surface area contributed by atoms with Crippen LogP contribution in [-0.2, 0) is 10.2 Å². The molecule has 4 aliphatic rings. The zero-order valence-electron chi connectivity index (χ0n) is 18.4. The molecule has 1 amide bonds. The summed E-state index contributed by atoms with van der Waals surface area (Å²) in [6, 6.07) is 14.8. The third-order valence-corrected chi connectivity index (χ3v) is 7.82. The second-order valence-corrected chi connectivity index (χ2v) is 10.3. The molecule has 2 aromatic rings. The Morgan fingerprint density at radius 1 is 0.967 bits per heavy atom. The molecule has 2 aromatic carbocycles. The third-order valence-electron chi connectivity index (χ3n) is 7.82. The van der Waals surface area contributed by atoms with Crippen molar-refractivity contribution in [2.24, 2.45) is 17.8 Å². The Balaban J connectivity index is 1.25. The van der Waals surface area contributed by atoms with E-state index in [1.54, 1.807) is 6.92 Å². The monoisotopic (exact) mass is 403 g/mol. The standard InChI is InChI=1S/C27H33NO2/c1-17-4-5-18(2)25(10-17)30-19(3)26(29)28-24-8-6-23(7-9-24)27-14-20-11-21(15-27)13-22(12-20)16-27/h4-10,19-22H,11-16H2,1-3H3,(H,28,29)/t19-,20?,21?,22?,27?/m1/s1. The van der Waals surface area contributed by atoms with E-state index in [1.807, 2.05) is 26.0 Å². The molecule has 4 saturated carbocycles. The molecular formula is C27H33NO2. The Labute approximate surface area is 180 Å². The topological polar surface area (TPSA) is 38.3 Å². The number of hydrogen-bond acceptors (Lipinski definition) is 2. The molecule has 0 unspecified atom stereocenters. The number of rotatable bonds is 5. The van der Waals surface area contributed by atoms with Gasteiger partial charge >= 0.3 is 0 Å². The molecule has 30 heavy (non-hydrogen) atoms. The van der Waals surface area contributed by atoms with E-state index in [9.17, 15) is 4.79 Å². The number of carbonyl (C=O) groups is 1. The molecule has 3 heteroatoms. The molecule has 4 aliphatic carbocycles. The molecule has 4 fully saturated rings. The first-order valence-electron chi connectivity index (χ1n) is 11.6. The highest BCUT2D eigenvalue weighted by Crippen LogP contribution is 2.60. The molecule has 0 aliphatic heterocycles.